The Morgan fingerprint density at radius 3 is 2.94 bits per heavy atom. The van der Waals surface area contributed by atoms with E-state index >= 15 is 0 Å². The average Bonchev–Trinajstić information content (AvgIpc) is 2.31. The van der Waals surface area contributed by atoms with E-state index in [4.69, 9.17) is 0 Å². The number of nitrogens with zero attached hydrogens (tertiary/aromatic N) is 2. The summed E-state index contributed by atoms with van der Waals surface area (Å²) >= 11 is 0. The van der Waals surface area contributed by atoms with Crippen LogP contribution in [0, 0.1) is 0 Å². The molecule has 1 N–H and O–H groups in total. The van der Waals surface area contributed by atoms with Crippen LogP contribution in [0.15, 0.2) is 17.2 Å². The Hall–Kier alpha value is -1.85. The van der Waals surface area contributed by atoms with Crippen LogP contribution in [0.25, 0.3) is 0 Å². The van der Waals surface area contributed by atoms with E-state index in [1.165, 1.54) is 19.5 Å². The molecule has 0 radical (unpaired) electrons. The molecule has 0 bridgehead atoms. The van der Waals surface area contributed by atoms with Gasteiger partial charge in [0.05, 0.1) is 13.5 Å². The second kappa shape index (κ2) is 5.89. The minimum absolute atomic E-state index is 0.236. The molecule has 88 valence electrons. The van der Waals surface area contributed by atoms with Gasteiger partial charge in [-0.05, 0) is 6.92 Å². The second-order valence-electron chi connectivity index (χ2n) is 3.15. The topological polar surface area (TPSA) is 75.3 Å². The predicted octanol–water partition coefficient (Wildman–Crippen LogP) is 0.159. The van der Waals surface area contributed by atoms with E-state index in [0.717, 1.165) is 0 Å². The number of H-pyrrole nitrogens is 1. The third kappa shape index (κ3) is 3.08. The van der Waals surface area contributed by atoms with Crippen molar-refractivity contribution in [1.29, 1.82) is 0 Å². The van der Waals surface area contributed by atoms with E-state index in [2.05, 4.69) is 14.7 Å². The number of aromatic amines is 1. The zero-order valence-corrected chi connectivity index (χ0v) is 9.40. The molecule has 1 rings (SSSR count). The third-order valence-corrected chi connectivity index (χ3v) is 2.18. The van der Waals surface area contributed by atoms with Crippen LogP contribution in [-0.4, -0.2) is 36.1 Å². The number of nitrogens with one attached hydrogen (secondary N) is 1. The first-order valence-corrected chi connectivity index (χ1v) is 5.04. The van der Waals surface area contributed by atoms with E-state index in [1.54, 1.807) is 4.90 Å². The minimum Gasteiger partial charge on any atom is -0.469 e. The number of carbonyl (C=O) groups is 1. The first-order chi connectivity index (χ1) is 7.69. The van der Waals surface area contributed by atoms with Gasteiger partial charge >= 0.3 is 5.97 Å². The SMILES string of the molecule is CCN(CCC(=O)OC)c1ncc[nH]c1=O. The smallest absolute Gasteiger partial charge is 0.307 e. The molecule has 6 heteroatoms. The van der Waals surface area contributed by atoms with Gasteiger partial charge in [-0.1, -0.05) is 0 Å². The van der Waals surface area contributed by atoms with Crippen LogP contribution in [0.1, 0.15) is 13.3 Å². The predicted molar refractivity (Wildman–Crippen MR) is 59.4 cm³/mol. The highest BCUT2D eigenvalue weighted by atomic mass is 16.5. The number of esters is 1. The van der Waals surface area contributed by atoms with Gasteiger partial charge in [-0.15, -0.1) is 0 Å². The Bertz CT molecular complexity index is 402. The van der Waals surface area contributed by atoms with Gasteiger partial charge in [0.1, 0.15) is 0 Å². The molecule has 0 aliphatic heterocycles. The van der Waals surface area contributed by atoms with Gasteiger partial charge < -0.3 is 14.6 Å². The lowest BCUT2D eigenvalue weighted by Crippen LogP contribution is -2.32. The molecule has 0 aliphatic carbocycles. The largest absolute Gasteiger partial charge is 0.469 e. The van der Waals surface area contributed by atoms with E-state index in [9.17, 15) is 9.59 Å². The fraction of sp³-hybridized carbons (Fsp3) is 0.500. The molecule has 0 aliphatic rings. The lowest BCUT2D eigenvalue weighted by atomic mass is 10.3. The Labute approximate surface area is 93.3 Å². The molecule has 1 aromatic heterocycles. The van der Waals surface area contributed by atoms with Gasteiger partial charge in [0.2, 0.25) is 0 Å². The summed E-state index contributed by atoms with van der Waals surface area (Å²) in [6, 6.07) is 0. The fourth-order valence-electron chi connectivity index (χ4n) is 1.31. The normalized spacial score (nSPS) is 9.88. The van der Waals surface area contributed by atoms with Crippen LogP contribution >= 0.6 is 0 Å². The number of methoxy groups -OCH3 is 1. The zero-order valence-electron chi connectivity index (χ0n) is 9.40. The number of carbonyl (C=O) groups excluding carboxylic acids is 1. The number of hydrogen-bond donors (Lipinski definition) is 1. The maximum Gasteiger partial charge on any atom is 0.307 e. The standard InChI is InChI=1S/C10H15N3O3/c1-3-13(7-4-8(14)16-2)9-10(15)12-6-5-11-9/h5-6H,3-4,7H2,1-2H3,(H,12,15). The highest BCUT2D eigenvalue weighted by Gasteiger charge is 2.11. The quantitative estimate of drug-likeness (QED) is 0.722. The van der Waals surface area contributed by atoms with Gasteiger partial charge in [-0.3, -0.25) is 9.59 Å². The van der Waals surface area contributed by atoms with Crippen molar-refractivity contribution in [2.24, 2.45) is 0 Å². The van der Waals surface area contributed by atoms with Gasteiger partial charge in [0.15, 0.2) is 5.82 Å². The summed E-state index contributed by atoms with van der Waals surface area (Å²) in [6.07, 6.45) is 3.22. The van der Waals surface area contributed by atoms with Gasteiger partial charge in [-0.2, -0.15) is 0 Å². The zero-order chi connectivity index (χ0) is 12.0. The van der Waals surface area contributed by atoms with Crippen molar-refractivity contribution >= 4 is 11.8 Å². The monoisotopic (exact) mass is 225 g/mol. The Kier molecular flexibility index (Phi) is 4.50. The van der Waals surface area contributed by atoms with E-state index in [1.807, 2.05) is 6.92 Å². The number of aromatic nitrogens is 2. The molecule has 0 spiro atoms. The molecule has 0 saturated heterocycles. The van der Waals surface area contributed by atoms with Crippen molar-refractivity contribution in [3.05, 3.63) is 22.7 Å². The molecule has 0 unspecified atom stereocenters. The van der Waals surface area contributed by atoms with Crippen LogP contribution in [0.5, 0.6) is 0 Å². The van der Waals surface area contributed by atoms with Crippen LogP contribution in [-0.2, 0) is 9.53 Å². The van der Waals surface area contributed by atoms with E-state index < -0.39 is 0 Å². The van der Waals surface area contributed by atoms with Crippen LogP contribution in [0.4, 0.5) is 5.82 Å². The molecule has 0 fully saturated rings. The van der Waals surface area contributed by atoms with Crippen molar-refractivity contribution in [2.45, 2.75) is 13.3 Å². The molecule has 0 atom stereocenters. The summed E-state index contributed by atoms with van der Waals surface area (Å²) in [5.41, 5.74) is -0.255. The van der Waals surface area contributed by atoms with Crippen molar-refractivity contribution in [3.8, 4) is 0 Å². The van der Waals surface area contributed by atoms with Crippen molar-refractivity contribution in [2.75, 3.05) is 25.1 Å². The number of anilines is 1. The van der Waals surface area contributed by atoms with Crippen molar-refractivity contribution in [3.63, 3.8) is 0 Å². The molecular weight excluding hydrogens is 210 g/mol. The molecular formula is C10H15N3O3. The molecule has 0 aromatic carbocycles. The summed E-state index contributed by atoms with van der Waals surface area (Å²) in [7, 11) is 1.34. The number of ether oxygens (including phenoxy) is 1. The van der Waals surface area contributed by atoms with E-state index in [0.29, 0.717) is 18.9 Å². The van der Waals surface area contributed by atoms with Gasteiger partial charge in [0.25, 0.3) is 5.56 Å². The summed E-state index contributed by atoms with van der Waals surface area (Å²) < 4.78 is 4.54. The first kappa shape index (κ1) is 12.2. The average molecular weight is 225 g/mol. The molecule has 16 heavy (non-hydrogen) atoms. The molecule has 0 saturated carbocycles. The first-order valence-electron chi connectivity index (χ1n) is 5.04. The highest BCUT2D eigenvalue weighted by molar-refractivity contribution is 5.69. The summed E-state index contributed by atoms with van der Waals surface area (Å²) in [6.45, 7) is 2.92. The highest BCUT2D eigenvalue weighted by Crippen LogP contribution is 2.03. The Morgan fingerprint density at radius 1 is 1.62 bits per heavy atom. The third-order valence-electron chi connectivity index (χ3n) is 2.18. The van der Waals surface area contributed by atoms with Gasteiger partial charge in [-0.25, -0.2) is 4.98 Å². The molecule has 1 aromatic rings. The van der Waals surface area contributed by atoms with Gasteiger partial charge in [0, 0.05) is 25.5 Å². The summed E-state index contributed by atoms with van der Waals surface area (Å²) in [5.74, 6) is 0.0275. The molecule has 0 amide bonds. The maximum atomic E-state index is 11.5. The number of hydrogen-bond acceptors (Lipinski definition) is 5. The van der Waals surface area contributed by atoms with Crippen molar-refractivity contribution in [1.82, 2.24) is 9.97 Å². The molecule has 1 heterocycles. The molecule has 6 nitrogen and oxygen atoms in total. The van der Waals surface area contributed by atoms with Crippen LogP contribution in [0.3, 0.4) is 0 Å². The van der Waals surface area contributed by atoms with E-state index in [-0.39, 0.29) is 17.9 Å². The Balaban J connectivity index is 2.72. The second-order valence-corrected chi connectivity index (χ2v) is 3.15. The van der Waals surface area contributed by atoms with Crippen LogP contribution in [0.2, 0.25) is 0 Å². The Morgan fingerprint density at radius 2 is 2.38 bits per heavy atom. The minimum atomic E-state index is -0.300. The fourth-order valence-corrected chi connectivity index (χ4v) is 1.31. The number of rotatable bonds is 5. The lowest BCUT2D eigenvalue weighted by Gasteiger charge is -2.19. The van der Waals surface area contributed by atoms with Crippen molar-refractivity contribution < 1.29 is 9.53 Å². The van der Waals surface area contributed by atoms with Crippen LogP contribution < -0.4 is 10.5 Å². The maximum absolute atomic E-state index is 11.5. The summed E-state index contributed by atoms with van der Waals surface area (Å²) in [5, 5.41) is 0. The summed E-state index contributed by atoms with van der Waals surface area (Å²) in [4.78, 5) is 30.7. The lowest BCUT2D eigenvalue weighted by molar-refractivity contribution is -0.140.